The molecule has 0 bridgehead atoms. The summed E-state index contributed by atoms with van der Waals surface area (Å²) < 4.78 is 4.63. The van der Waals surface area contributed by atoms with E-state index in [9.17, 15) is 9.59 Å². The van der Waals surface area contributed by atoms with Gasteiger partial charge in [-0.1, -0.05) is 0 Å². The number of cyclic esters (lactones) is 1. The SMILES string of the molecule is O=C(O)C1CN(c2cc[nH]c2)C(=O)O1. The summed E-state index contributed by atoms with van der Waals surface area (Å²) in [5, 5.41) is 8.63. The number of H-pyrrole nitrogens is 1. The molecule has 1 saturated heterocycles. The summed E-state index contributed by atoms with van der Waals surface area (Å²) in [5.74, 6) is -1.13. The first-order chi connectivity index (χ1) is 6.68. The highest BCUT2D eigenvalue weighted by Crippen LogP contribution is 2.20. The number of anilines is 1. The van der Waals surface area contributed by atoms with Gasteiger partial charge in [0.1, 0.15) is 0 Å². The number of carbonyl (C=O) groups excluding carboxylic acids is 1. The number of aromatic nitrogens is 1. The molecule has 6 heteroatoms. The molecule has 1 amide bonds. The van der Waals surface area contributed by atoms with Crippen LogP contribution in [0.3, 0.4) is 0 Å². The lowest BCUT2D eigenvalue weighted by atomic mass is 10.3. The first-order valence-electron chi connectivity index (χ1n) is 4.02. The molecular weight excluding hydrogens is 188 g/mol. The maximum Gasteiger partial charge on any atom is 0.415 e. The number of rotatable bonds is 2. The fraction of sp³-hybridized carbons (Fsp3) is 0.250. The van der Waals surface area contributed by atoms with Crippen LogP contribution in [0.5, 0.6) is 0 Å². The molecule has 1 aromatic rings. The van der Waals surface area contributed by atoms with Crippen LogP contribution in [0.4, 0.5) is 10.5 Å². The molecule has 1 aliphatic rings. The first kappa shape index (κ1) is 8.61. The number of nitrogens with zero attached hydrogens (tertiary/aromatic N) is 1. The van der Waals surface area contributed by atoms with Crippen molar-refractivity contribution < 1.29 is 19.4 Å². The Morgan fingerprint density at radius 1 is 1.71 bits per heavy atom. The first-order valence-corrected chi connectivity index (χ1v) is 4.02. The highest BCUT2D eigenvalue weighted by molar-refractivity contribution is 5.93. The molecule has 14 heavy (non-hydrogen) atoms. The highest BCUT2D eigenvalue weighted by atomic mass is 16.6. The van der Waals surface area contributed by atoms with E-state index >= 15 is 0 Å². The zero-order valence-corrected chi connectivity index (χ0v) is 7.14. The van der Waals surface area contributed by atoms with Crippen LogP contribution in [-0.4, -0.2) is 34.8 Å². The number of carboxylic acids is 1. The van der Waals surface area contributed by atoms with Gasteiger partial charge in [-0.05, 0) is 6.07 Å². The molecule has 2 heterocycles. The Balaban J connectivity index is 2.16. The molecule has 1 aromatic heterocycles. The van der Waals surface area contributed by atoms with E-state index in [1.165, 1.54) is 4.90 Å². The van der Waals surface area contributed by atoms with Crippen molar-refractivity contribution in [2.24, 2.45) is 0 Å². The number of amides is 1. The van der Waals surface area contributed by atoms with Crippen molar-refractivity contribution in [2.45, 2.75) is 6.10 Å². The molecule has 1 unspecified atom stereocenters. The van der Waals surface area contributed by atoms with Gasteiger partial charge in [-0.3, -0.25) is 4.90 Å². The van der Waals surface area contributed by atoms with Crippen LogP contribution in [0.25, 0.3) is 0 Å². The van der Waals surface area contributed by atoms with Crippen LogP contribution >= 0.6 is 0 Å². The van der Waals surface area contributed by atoms with Gasteiger partial charge in [0, 0.05) is 12.4 Å². The fourth-order valence-corrected chi connectivity index (χ4v) is 1.29. The summed E-state index contributed by atoms with van der Waals surface area (Å²) in [5.41, 5.74) is 0.610. The predicted molar refractivity (Wildman–Crippen MR) is 46.0 cm³/mol. The third-order valence-electron chi connectivity index (χ3n) is 1.98. The average Bonchev–Trinajstić information content (AvgIpc) is 2.71. The minimum atomic E-state index is -1.13. The van der Waals surface area contributed by atoms with Crippen LogP contribution < -0.4 is 4.90 Å². The molecular formula is C8H8N2O4. The summed E-state index contributed by atoms with van der Waals surface area (Å²) in [6, 6.07) is 1.67. The van der Waals surface area contributed by atoms with E-state index in [-0.39, 0.29) is 6.54 Å². The predicted octanol–water partition coefficient (Wildman–Crippen LogP) is 0.424. The highest BCUT2D eigenvalue weighted by Gasteiger charge is 2.36. The van der Waals surface area contributed by atoms with Crippen molar-refractivity contribution in [1.82, 2.24) is 4.98 Å². The summed E-state index contributed by atoms with van der Waals surface area (Å²) in [6.45, 7) is 0.0476. The van der Waals surface area contributed by atoms with Gasteiger partial charge in [0.15, 0.2) is 0 Å². The van der Waals surface area contributed by atoms with Gasteiger partial charge in [-0.25, -0.2) is 9.59 Å². The lowest BCUT2D eigenvalue weighted by Crippen LogP contribution is -2.27. The monoisotopic (exact) mass is 196 g/mol. The summed E-state index contributed by atoms with van der Waals surface area (Å²) in [6.07, 6.45) is 1.55. The Bertz CT molecular complexity index is 359. The number of nitrogens with one attached hydrogen (secondary N) is 1. The Morgan fingerprint density at radius 2 is 2.50 bits per heavy atom. The van der Waals surface area contributed by atoms with Gasteiger partial charge in [-0.2, -0.15) is 0 Å². The Morgan fingerprint density at radius 3 is 3.00 bits per heavy atom. The average molecular weight is 196 g/mol. The Kier molecular flexibility index (Phi) is 1.88. The summed E-state index contributed by atoms with van der Waals surface area (Å²) in [4.78, 5) is 25.8. The molecule has 1 fully saturated rings. The zero-order chi connectivity index (χ0) is 10.1. The molecule has 2 rings (SSSR count). The van der Waals surface area contributed by atoms with Gasteiger partial charge in [0.05, 0.1) is 12.2 Å². The quantitative estimate of drug-likeness (QED) is 0.718. The maximum atomic E-state index is 11.2. The molecule has 0 spiro atoms. The van der Waals surface area contributed by atoms with Crippen LogP contribution in [0.1, 0.15) is 0 Å². The third kappa shape index (κ3) is 1.30. The number of hydrogen-bond acceptors (Lipinski definition) is 3. The van der Waals surface area contributed by atoms with Crippen LogP contribution in [0.2, 0.25) is 0 Å². The number of aliphatic carboxylic acids is 1. The van der Waals surface area contributed by atoms with Crippen molar-refractivity contribution in [3.8, 4) is 0 Å². The molecule has 0 aromatic carbocycles. The molecule has 0 radical (unpaired) electrons. The van der Waals surface area contributed by atoms with Crippen molar-refractivity contribution in [3.63, 3.8) is 0 Å². The van der Waals surface area contributed by atoms with Crippen molar-refractivity contribution in [1.29, 1.82) is 0 Å². The van der Waals surface area contributed by atoms with Gasteiger partial charge in [-0.15, -0.1) is 0 Å². The van der Waals surface area contributed by atoms with Crippen molar-refractivity contribution >= 4 is 17.7 Å². The fourth-order valence-electron chi connectivity index (χ4n) is 1.29. The van der Waals surface area contributed by atoms with Gasteiger partial charge in [0.2, 0.25) is 6.10 Å². The number of carboxylic acid groups (broad SMARTS) is 1. The minimum Gasteiger partial charge on any atom is -0.478 e. The second-order valence-electron chi connectivity index (χ2n) is 2.89. The normalized spacial score (nSPS) is 21.0. The summed E-state index contributed by atoms with van der Waals surface area (Å²) >= 11 is 0. The lowest BCUT2D eigenvalue weighted by Gasteiger charge is -2.08. The van der Waals surface area contributed by atoms with E-state index < -0.39 is 18.2 Å². The number of ether oxygens (including phenoxy) is 1. The number of carbonyl (C=O) groups is 2. The zero-order valence-electron chi connectivity index (χ0n) is 7.14. The second kappa shape index (κ2) is 3.06. The van der Waals surface area contributed by atoms with Gasteiger partial charge >= 0.3 is 12.1 Å². The Hall–Kier alpha value is -1.98. The topological polar surface area (TPSA) is 82.6 Å². The van der Waals surface area contributed by atoms with E-state index in [4.69, 9.17) is 5.11 Å². The maximum absolute atomic E-state index is 11.2. The number of aromatic amines is 1. The molecule has 74 valence electrons. The van der Waals surface area contributed by atoms with Crippen molar-refractivity contribution in [2.75, 3.05) is 11.4 Å². The molecule has 1 atom stereocenters. The van der Waals surface area contributed by atoms with Crippen LogP contribution in [0, 0.1) is 0 Å². The standard InChI is InChI=1S/C8H8N2O4/c11-7(12)6-4-10(8(13)14-6)5-1-2-9-3-5/h1-3,6,9H,4H2,(H,11,12). The molecule has 0 saturated carbocycles. The minimum absolute atomic E-state index is 0.0476. The van der Waals surface area contributed by atoms with Crippen molar-refractivity contribution in [3.05, 3.63) is 18.5 Å². The number of hydrogen-bond donors (Lipinski definition) is 2. The van der Waals surface area contributed by atoms with E-state index in [1.54, 1.807) is 18.5 Å². The molecule has 2 N–H and O–H groups in total. The molecule has 1 aliphatic heterocycles. The second-order valence-corrected chi connectivity index (χ2v) is 2.89. The smallest absolute Gasteiger partial charge is 0.415 e. The van der Waals surface area contributed by atoms with E-state index in [0.717, 1.165) is 0 Å². The van der Waals surface area contributed by atoms with E-state index in [2.05, 4.69) is 9.72 Å². The van der Waals surface area contributed by atoms with Gasteiger partial charge in [0.25, 0.3) is 0 Å². The lowest BCUT2D eigenvalue weighted by molar-refractivity contribution is -0.144. The largest absolute Gasteiger partial charge is 0.478 e. The van der Waals surface area contributed by atoms with Crippen LogP contribution in [-0.2, 0) is 9.53 Å². The van der Waals surface area contributed by atoms with E-state index in [0.29, 0.717) is 5.69 Å². The Labute approximate surface area is 79.1 Å². The third-order valence-corrected chi connectivity index (χ3v) is 1.98. The molecule has 0 aliphatic carbocycles. The van der Waals surface area contributed by atoms with Crippen LogP contribution in [0.15, 0.2) is 18.5 Å². The summed E-state index contributed by atoms with van der Waals surface area (Å²) in [7, 11) is 0. The van der Waals surface area contributed by atoms with E-state index in [1.807, 2.05) is 0 Å². The van der Waals surface area contributed by atoms with Gasteiger partial charge < -0.3 is 14.8 Å². The molecule has 6 nitrogen and oxygen atoms in total.